The summed E-state index contributed by atoms with van der Waals surface area (Å²) in [6.07, 6.45) is 3.91. The monoisotopic (exact) mass is 518 g/mol. The van der Waals surface area contributed by atoms with E-state index in [1.54, 1.807) is 0 Å². The van der Waals surface area contributed by atoms with Crippen LogP contribution in [0.1, 0.15) is 30.4 Å². The number of hydrogen-bond donors (Lipinski definition) is 1. The molecule has 0 spiro atoms. The molecule has 33 heavy (non-hydrogen) atoms. The Bertz CT molecular complexity index is 1260. The largest absolute Gasteiger partial charge is 0.494 e. The van der Waals surface area contributed by atoms with Crippen LogP contribution in [-0.2, 0) is 0 Å². The highest BCUT2D eigenvalue weighted by Gasteiger charge is 2.42. The van der Waals surface area contributed by atoms with E-state index in [1.165, 1.54) is 0 Å². The Morgan fingerprint density at radius 2 is 1.85 bits per heavy atom. The molecule has 166 valence electrons. The highest BCUT2D eigenvalue weighted by Crippen LogP contribution is 2.42. The number of pyridine rings is 1. The molecule has 2 aromatic carbocycles. The summed E-state index contributed by atoms with van der Waals surface area (Å²) in [5.74, 6) is 0.842. The number of nitrogens with one attached hydrogen (secondary N) is 1. The fourth-order valence-corrected chi connectivity index (χ4v) is 5.03. The lowest BCUT2D eigenvalue weighted by Crippen LogP contribution is -2.30. The first-order chi connectivity index (χ1) is 16.2. The zero-order chi connectivity index (χ0) is 22.8. The molecule has 1 saturated heterocycles. The smallest absolute Gasteiger partial charge is 0.174 e. The molecule has 0 radical (unpaired) electrons. The number of anilines is 1. The zero-order valence-electron chi connectivity index (χ0n) is 18.1. The maximum Gasteiger partial charge on any atom is 0.174 e. The number of hydrogen-bond acceptors (Lipinski definition) is 3. The molecule has 3 heterocycles. The zero-order valence-corrected chi connectivity index (χ0v) is 20.5. The van der Waals surface area contributed by atoms with Crippen molar-refractivity contribution >= 4 is 38.9 Å². The van der Waals surface area contributed by atoms with E-state index < -0.39 is 0 Å². The third kappa shape index (κ3) is 4.26. The summed E-state index contributed by atoms with van der Waals surface area (Å²) in [5.41, 5.74) is 4.14. The van der Waals surface area contributed by atoms with Gasteiger partial charge in [0.15, 0.2) is 5.11 Å². The Hall–Kier alpha value is -3.16. The van der Waals surface area contributed by atoms with Crippen molar-refractivity contribution in [1.29, 1.82) is 0 Å². The molecule has 0 aliphatic carbocycles. The van der Waals surface area contributed by atoms with Gasteiger partial charge in [-0.3, -0.25) is 4.98 Å². The van der Waals surface area contributed by atoms with E-state index in [0.717, 1.165) is 33.0 Å². The lowest BCUT2D eigenvalue weighted by molar-refractivity contribution is 0.340. The summed E-state index contributed by atoms with van der Waals surface area (Å²) >= 11 is 9.46. The Kier molecular flexibility index (Phi) is 6.15. The summed E-state index contributed by atoms with van der Waals surface area (Å²) in [6.45, 7) is 2.62. The van der Waals surface area contributed by atoms with E-state index in [1.807, 2.05) is 55.6 Å². The van der Waals surface area contributed by atoms with E-state index in [9.17, 15) is 0 Å². The van der Waals surface area contributed by atoms with Gasteiger partial charge in [0.25, 0.3) is 0 Å². The first kappa shape index (κ1) is 21.7. The second kappa shape index (κ2) is 9.37. The SMILES string of the molecule is CCOc1ccc(N2C(=S)N[C@H](c3ccccn3)[C@H]2c2cccn2-c2cccc(Br)c2)cc1. The number of thiocarbonyl (C=S) groups is 1. The van der Waals surface area contributed by atoms with E-state index in [2.05, 4.69) is 78.3 Å². The van der Waals surface area contributed by atoms with Crippen molar-refractivity contribution in [2.45, 2.75) is 19.0 Å². The summed E-state index contributed by atoms with van der Waals surface area (Å²) in [4.78, 5) is 6.83. The fraction of sp³-hybridized carbons (Fsp3) is 0.154. The maximum absolute atomic E-state index is 5.85. The highest BCUT2D eigenvalue weighted by molar-refractivity contribution is 9.10. The molecule has 0 unspecified atom stereocenters. The van der Waals surface area contributed by atoms with Crippen LogP contribution in [0.25, 0.3) is 5.69 Å². The van der Waals surface area contributed by atoms with Crippen LogP contribution in [0.4, 0.5) is 5.69 Å². The number of halogens is 1. The predicted molar refractivity (Wildman–Crippen MR) is 139 cm³/mol. The maximum atomic E-state index is 5.85. The third-order valence-corrected chi connectivity index (χ3v) is 6.50. The average Bonchev–Trinajstić information content (AvgIpc) is 3.45. The van der Waals surface area contributed by atoms with Gasteiger partial charge in [-0.1, -0.05) is 28.1 Å². The molecule has 0 amide bonds. The standard InChI is InChI=1S/C26H23BrN4OS/c1-2-32-21-13-11-19(12-14-21)31-25(24(29-26(31)33)22-9-3-4-15-28-22)23-10-6-16-30(23)20-8-5-7-18(27)17-20/h3-17,24-25H,2H2,1H3,(H,29,33)/t24-,25-/m1/s1. The number of benzene rings is 2. The molecule has 4 aromatic rings. The molecule has 7 heteroatoms. The van der Waals surface area contributed by atoms with Crippen molar-refractivity contribution in [2.75, 3.05) is 11.5 Å². The molecule has 5 nitrogen and oxygen atoms in total. The van der Waals surface area contributed by atoms with Gasteiger partial charge < -0.3 is 19.5 Å². The lowest BCUT2D eigenvalue weighted by atomic mass is 10.0. The van der Waals surface area contributed by atoms with Crippen molar-refractivity contribution in [1.82, 2.24) is 14.9 Å². The summed E-state index contributed by atoms with van der Waals surface area (Å²) in [6, 6.07) is 26.4. The minimum atomic E-state index is -0.105. The first-order valence-electron chi connectivity index (χ1n) is 10.8. The van der Waals surface area contributed by atoms with Gasteiger partial charge in [0.2, 0.25) is 0 Å². The van der Waals surface area contributed by atoms with Crippen LogP contribution in [0.3, 0.4) is 0 Å². The van der Waals surface area contributed by atoms with E-state index >= 15 is 0 Å². The lowest BCUT2D eigenvalue weighted by Gasteiger charge is -2.29. The third-order valence-electron chi connectivity index (χ3n) is 5.69. The Labute approximate surface area is 207 Å². The van der Waals surface area contributed by atoms with Crippen LogP contribution in [0, 0.1) is 0 Å². The van der Waals surface area contributed by atoms with Gasteiger partial charge in [0.05, 0.1) is 18.3 Å². The molecule has 0 saturated carbocycles. The van der Waals surface area contributed by atoms with Crippen LogP contribution < -0.4 is 15.0 Å². The summed E-state index contributed by atoms with van der Waals surface area (Å²) in [7, 11) is 0. The highest BCUT2D eigenvalue weighted by atomic mass is 79.9. The molecule has 2 atom stereocenters. The minimum absolute atomic E-state index is 0.0978. The van der Waals surface area contributed by atoms with Gasteiger partial charge in [0, 0.05) is 33.9 Å². The molecule has 0 bridgehead atoms. The van der Waals surface area contributed by atoms with Crippen LogP contribution in [-0.4, -0.2) is 21.3 Å². The number of rotatable bonds is 6. The molecule has 2 aromatic heterocycles. The van der Waals surface area contributed by atoms with E-state index in [4.69, 9.17) is 17.0 Å². The van der Waals surface area contributed by atoms with Crippen molar-refractivity contribution in [3.05, 3.63) is 107 Å². The van der Waals surface area contributed by atoms with Crippen LogP contribution >= 0.6 is 28.1 Å². The van der Waals surface area contributed by atoms with Gasteiger partial charge in [0.1, 0.15) is 11.8 Å². The Morgan fingerprint density at radius 1 is 1.00 bits per heavy atom. The second-order valence-corrected chi connectivity index (χ2v) is 9.01. The van der Waals surface area contributed by atoms with Crippen LogP contribution in [0.15, 0.2) is 95.7 Å². The van der Waals surface area contributed by atoms with Gasteiger partial charge in [-0.2, -0.15) is 0 Å². The second-order valence-electron chi connectivity index (χ2n) is 7.71. The molecule has 1 N–H and O–H groups in total. The Morgan fingerprint density at radius 3 is 2.58 bits per heavy atom. The molecule has 1 fully saturated rings. The fourth-order valence-electron chi connectivity index (χ4n) is 4.30. The first-order valence-corrected chi connectivity index (χ1v) is 12.0. The van der Waals surface area contributed by atoms with E-state index in [-0.39, 0.29) is 12.1 Å². The van der Waals surface area contributed by atoms with Gasteiger partial charge in [-0.25, -0.2) is 0 Å². The summed E-state index contributed by atoms with van der Waals surface area (Å²) < 4.78 is 8.89. The average molecular weight is 519 g/mol. The molecule has 5 rings (SSSR count). The number of ether oxygens (including phenoxy) is 1. The number of nitrogens with zero attached hydrogens (tertiary/aromatic N) is 3. The van der Waals surface area contributed by atoms with Crippen molar-refractivity contribution in [3.8, 4) is 11.4 Å². The van der Waals surface area contributed by atoms with Crippen molar-refractivity contribution in [3.63, 3.8) is 0 Å². The van der Waals surface area contributed by atoms with E-state index in [0.29, 0.717) is 11.7 Å². The molecule has 1 aliphatic heterocycles. The quantitative estimate of drug-likeness (QED) is 0.307. The van der Waals surface area contributed by atoms with Gasteiger partial charge in [-0.05, 0) is 85.9 Å². The van der Waals surface area contributed by atoms with Gasteiger partial charge >= 0.3 is 0 Å². The van der Waals surface area contributed by atoms with Gasteiger partial charge in [-0.15, -0.1) is 0 Å². The minimum Gasteiger partial charge on any atom is -0.494 e. The van der Waals surface area contributed by atoms with Crippen LogP contribution in [0.2, 0.25) is 0 Å². The number of aromatic nitrogens is 2. The van der Waals surface area contributed by atoms with Crippen molar-refractivity contribution < 1.29 is 4.74 Å². The Balaban J connectivity index is 1.63. The predicted octanol–water partition coefficient (Wildman–Crippen LogP) is 6.21. The molecular weight excluding hydrogens is 496 g/mol. The van der Waals surface area contributed by atoms with Crippen LogP contribution in [0.5, 0.6) is 5.75 Å². The topological polar surface area (TPSA) is 42.3 Å². The molecule has 1 aliphatic rings. The normalized spacial score (nSPS) is 17.8. The van der Waals surface area contributed by atoms with Crippen molar-refractivity contribution in [2.24, 2.45) is 0 Å². The molecular formula is C26H23BrN4OS. The summed E-state index contributed by atoms with van der Waals surface area (Å²) in [5, 5.41) is 4.20.